The van der Waals surface area contributed by atoms with Crippen LogP contribution in [0.4, 0.5) is 0 Å². The van der Waals surface area contributed by atoms with Crippen molar-refractivity contribution in [3.05, 3.63) is 29.8 Å². The monoisotopic (exact) mass is 330 g/mol. The molecule has 1 radical (unpaired) electrons. The second kappa shape index (κ2) is 10.7. The van der Waals surface area contributed by atoms with Gasteiger partial charge in [-0.3, -0.25) is 14.7 Å². The number of aromatic carboxylic acids is 1. The third kappa shape index (κ3) is 12.5. The third-order valence-corrected chi connectivity index (χ3v) is 2.36. The van der Waals surface area contributed by atoms with Crippen molar-refractivity contribution in [2.24, 2.45) is 0 Å². The van der Waals surface area contributed by atoms with Gasteiger partial charge in [0.1, 0.15) is 11.3 Å². The first kappa shape index (κ1) is 22.4. The van der Waals surface area contributed by atoms with Gasteiger partial charge in [-0.15, -0.1) is 0 Å². The molecule has 21 heavy (non-hydrogen) atoms. The van der Waals surface area contributed by atoms with E-state index in [4.69, 9.17) is 25.1 Å². The van der Waals surface area contributed by atoms with E-state index in [1.807, 2.05) is 0 Å². The van der Waals surface area contributed by atoms with Crippen LogP contribution in [0.5, 0.6) is 5.75 Å². The van der Waals surface area contributed by atoms with E-state index in [9.17, 15) is 14.2 Å². The molecule has 0 fully saturated rings. The van der Waals surface area contributed by atoms with Crippen molar-refractivity contribution in [2.45, 2.75) is 0 Å². The van der Waals surface area contributed by atoms with Crippen LogP contribution in [-0.4, -0.2) is 79.4 Å². The summed E-state index contributed by atoms with van der Waals surface area (Å²) in [6.07, 6.45) is -0.598. The molecule has 0 bridgehead atoms. The molecule has 0 heterocycles. The van der Waals surface area contributed by atoms with Gasteiger partial charge in [0, 0.05) is 29.6 Å². The Balaban J connectivity index is 0. The molecule has 9 nitrogen and oxygen atoms in total. The zero-order valence-corrected chi connectivity index (χ0v) is 14.0. The zero-order chi connectivity index (χ0) is 15.8. The predicted octanol–water partition coefficient (Wildman–Crippen LogP) is -0.495. The molecule has 0 amide bonds. The van der Waals surface area contributed by atoms with Crippen molar-refractivity contribution in [2.75, 3.05) is 12.8 Å². The molecule has 0 saturated carbocycles. The van der Waals surface area contributed by atoms with E-state index in [1.54, 1.807) is 12.1 Å². The van der Waals surface area contributed by atoms with Gasteiger partial charge < -0.3 is 25.1 Å². The van der Waals surface area contributed by atoms with E-state index in [0.29, 0.717) is 0 Å². The van der Waals surface area contributed by atoms with Gasteiger partial charge in [-0.2, -0.15) is 0 Å². The Morgan fingerprint density at radius 2 is 1.67 bits per heavy atom. The van der Waals surface area contributed by atoms with E-state index in [0.717, 1.165) is 0 Å². The number of carboxylic acids is 2. The Morgan fingerprint density at radius 3 is 2.00 bits per heavy atom. The fourth-order valence-corrected chi connectivity index (χ4v) is 1.37. The Bertz CT molecular complexity index is 518. The second-order valence-electron chi connectivity index (χ2n) is 3.47. The quantitative estimate of drug-likeness (QED) is 0.308. The molecule has 0 aliphatic carbocycles. The Kier molecular flexibility index (Phi) is 11.4. The number of benzene rings is 1. The summed E-state index contributed by atoms with van der Waals surface area (Å²) in [5.41, 5.74) is -0.0671. The molecule has 1 aromatic carbocycles. The number of rotatable bonds is 5. The van der Waals surface area contributed by atoms with Gasteiger partial charge in [0.2, 0.25) is 0 Å². The van der Waals surface area contributed by atoms with Crippen molar-refractivity contribution >= 4 is 49.1 Å². The van der Waals surface area contributed by atoms with Crippen LogP contribution >= 0.6 is 7.60 Å². The number of aromatic hydroxyl groups is 1. The number of carbonyl (C=O) groups is 2. The molecular weight excluding hydrogens is 316 g/mol. The van der Waals surface area contributed by atoms with Crippen LogP contribution < -0.4 is 5.32 Å². The van der Waals surface area contributed by atoms with Crippen molar-refractivity contribution in [1.82, 2.24) is 5.32 Å². The van der Waals surface area contributed by atoms with Crippen LogP contribution in [0.25, 0.3) is 0 Å². The number of aliphatic carboxylic acids is 1. The third-order valence-electron chi connectivity index (χ3n) is 1.73. The number of nitrogens with one attached hydrogen (secondary N) is 1. The minimum Gasteiger partial charge on any atom is -0.507 e. The van der Waals surface area contributed by atoms with Crippen LogP contribution in [0.1, 0.15) is 10.4 Å². The first-order valence-corrected chi connectivity index (χ1v) is 6.91. The summed E-state index contributed by atoms with van der Waals surface area (Å²) in [7, 11) is -4.10. The number of carboxylic acid groups (broad SMARTS) is 2. The van der Waals surface area contributed by atoms with Crippen molar-refractivity contribution in [3.8, 4) is 5.75 Å². The normalized spacial score (nSPS) is 9.81. The van der Waals surface area contributed by atoms with E-state index in [1.165, 1.54) is 12.1 Å². The molecule has 113 valence electrons. The summed E-state index contributed by atoms with van der Waals surface area (Å²) in [5.74, 6) is -2.46. The van der Waals surface area contributed by atoms with Crippen molar-refractivity contribution in [1.29, 1.82) is 0 Å². The van der Waals surface area contributed by atoms with Gasteiger partial charge in [-0.05, 0) is 12.1 Å². The zero-order valence-electron chi connectivity index (χ0n) is 11.1. The molecule has 6 N–H and O–H groups in total. The van der Waals surface area contributed by atoms with Gasteiger partial charge in [-0.25, -0.2) is 4.79 Å². The maximum Gasteiger partial charge on any atom is 0.339 e. The van der Waals surface area contributed by atoms with Crippen LogP contribution in [0.3, 0.4) is 0 Å². The summed E-state index contributed by atoms with van der Waals surface area (Å²) < 4.78 is 10.1. The van der Waals surface area contributed by atoms with E-state index in [2.05, 4.69) is 5.32 Å². The molecule has 0 aromatic heterocycles. The van der Waals surface area contributed by atoms with Gasteiger partial charge in [0.15, 0.2) is 0 Å². The molecule has 1 aromatic rings. The van der Waals surface area contributed by atoms with E-state index in [-0.39, 0.29) is 40.9 Å². The largest absolute Gasteiger partial charge is 0.507 e. The number of hydrogen-bond donors (Lipinski definition) is 6. The molecular formula is C10H14NNaO8P. The Morgan fingerprint density at radius 1 is 1.14 bits per heavy atom. The number of para-hydroxylation sites is 1. The maximum atomic E-state index is 10.3. The topological polar surface area (TPSA) is 164 Å². The standard InChI is InChI=1S/C7H6O3.C3H8NO5P.Na/c8-6-4-2-1-3-5(6)7(9)10;5-3(6)1-4-2-10(7,8)9;/h1-4,8H,(H,9,10);4H,1-2H2,(H,5,6)(H2,7,8,9);. The summed E-state index contributed by atoms with van der Waals surface area (Å²) in [6, 6.07) is 5.81. The van der Waals surface area contributed by atoms with Crippen LogP contribution in [0, 0.1) is 0 Å². The van der Waals surface area contributed by atoms with Crippen LogP contribution in [-0.2, 0) is 9.36 Å². The maximum absolute atomic E-state index is 10.3. The molecule has 0 spiro atoms. The van der Waals surface area contributed by atoms with Gasteiger partial charge in [-0.1, -0.05) is 12.1 Å². The average Bonchev–Trinajstić information content (AvgIpc) is 2.27. The number of hydrogen-bond acceptors (Lipinski definition) is 5. The molecule has 0 atom stereocenters. The second-order valence-corrected chi connectivity index (χ2v) is 5.11. The van der Waals surface area contributed by atoms with Crippen molar-refractivity contribution in [3.63, 3.8) is 0 Å². The van der Waals surface area contributed by atoms with Gasteiger partial charge >= 0.3 is 19.5 Å². The average molecular weight is 330 g/mol. The minimum atomic E-state index is -4.10. The fraction of sp³-hybridized carbons (Fsp3) is 0.200. The summed E-state index contributed by atoms with van der Waals surface area (Å²) in [4.78, 5) is 36.4. The first-order chi connectivity index (χ1) is 9.13. The summed E-state index contributed by atoms with van der Waals surface area (Å²) >= 11 is 0. The van der Waals surface area contributed by atoms with Crippen LogP contribution in [0.15, 0.2) is 24.3 Å². The molecule has 1 rings (SSSR count). The SMILES string of the molecule is O=C(O)CNCP(=O)(O)O.O=C(O)c1ccccc1O.[Na]. The van der Waals surface area contributed by atoms with Crippen LogP contribution in [0.2, 0.25) is 0 Å². The van der Waals surface area contributed by atoms with Crippen molar-refractivity contribution < 1.29 is 39.3 Å². The predicted molar refractivity (Wildman–Crippen MR) is 73.4 cm³/mol. The number of phenols is 1. The molecule has 0 unspecified atom stereocenters. The first-order valence-electron chi connectivity index (χ1n) is 5.12. The molecule has 0 aliphatic heterocycles. The van der Waals surface area contributed by atoms with Gasteiger partial charge in [0.05, 0.1) is 12.8 Å². The minimum absolute atomic E-state index is 0. The Hall–Kier alpha value is -0.930. The van der Waals surface area contributed by atoms with E-state index >= 15 is 0 Å². The molecule has 11 heteroatoms. The van der Waals surface area contributed by atoms with E-state index < -0.39 is 32.4 Å². The smallest absolute Gasteiger partial charge is 0.339 e. The summed E-state index contributed by atoms with van der Waals surface area (Å²) in [5, 5.41) is 27.4. The fourth-order valence-electron chi connectivity index (χ4n) is 0.963. The molecule has 0 saturated heterocycles. The van der Waals surface area contributed by atoms with Gasteiger partial charge in [0.25, 0.3) is 0 Å². The summed E-state index contributed by atoms with van der Waals surface area (Å²) in [6.45, 7) is -0.439. The molecule has 0 aliphatic rings. The Labute approximate surface area is 142 Å².